The monoisotopic (exact) mass is 303 g/mol. The highest BCUT2D eigenvalue weighted by molar-refractivity contribution is 7.80. The summed E-state index contributed by atoms with van der Waals surface area (Å²) in [6, 6.07) is 0. The van der Waals surface area contributed by atoms with E-state index in [1.165, 1.54) is 7.11 Å². The molecule has 0 bridgehead atoms. The number of hydrogen-bond acceptors (Lipinski definition) is 5. The van der Waals surface area contributed by atoms with Crippen molar-refractivity contribution >= 4 is 29.2 Å². The lowest BCUT2D eigenvalue weighted by Gasteiger charge is -2.29. The minimum Gasteiger partial charge on any atom is -0.466 e. The lowest BCUT2D eigenvalue weighted by Crippen LogP contribution is -2.50. The Morgan fingerprint density at radius 2 is 2.00 bits per heavy atom. The van der Waals surface area contributed by atoms with E-state index in [1.54, 1.807) is 16.9 Å². The van der Waals surface area contributed by atoms with E-state index in [9.17, 15) is 9.59 Å². The second-order valence-corrected chi connectivity index (χ2v) is 4.60. The fourth-order valence-electron chi connectivity index (χ4n) is 1.88. The van der Waals surface area contributed by atoms with Gasteiger partial charge in [-0.2, -0.15) is 0 Å². The summed E-state index contributed by atoms with van der Waals surface area (Å²) in [6.07, 6.45) is 1.10. The van der Waals surface area contributed by atoms with Crippen LogP contribution in [0.3, 0.4) is 0 Å². The van der Waals surface area contributed by atoms with E-state index in [-0.39, 0.29) is 24.9 Å². The number of amides is 1. The Morgan fingerprint density at radius 3 is 2.65 bits per heavy atom. The van der Waals surface area contributed by atoms with Crippen LogP contribution in [0.15, 0.2) is 0 Å². The average molecular weight is 303 g/mol. The van der Waals surface area contributed by atoms with E-state index in [1.807, 2.05) is 0 Å². The summed E-state index contributed by atoms with van der Waals surface area (Å²) < 4.78 is 9.66. The molecule has 1 heterocycles. The molecule has 1 N–H and O–H groups in total. The molecule has 0 aromatic rings. The van der Waals surface area contributed by atoms with Crippen LogP contribution < -0.4 is 5.32 Å². The highest BCUT2D eigenvalue weighted by Gasteiger charge is 2.28. The van der Waals surface area contributed by atoms with Crippen molar-refractivity contribution in [3.05, 3.63) is 0 Å². The summed E-state index contributed by atoms with van der Waals surface area (Å²) in [5.41, 5.74) is 0. The second kappa shape index (κ2) is 8.70. The van der Waals surface area contributed by atoms with Gasteiger partial charge in [-0.3, -0.25) is 14.6 Å². The molecule has 1 saturated heterocycles. The molecule has 7 nitrogen and oxygen atoms in total. The molecular formula is C12H21N3O4S. The Morgan fingerprint density at radius 1 is 1.30 bits per heavy atom. The number of carbonyl (C=O) groups is 2. The minimum absolute atomic E-state index is 0.0297. The van der Waals surface area contributed by atoms with Gasteiger partial charge in [0, 0.05) is 26.7 Å². The van der Waals surface area contributed by atoms with Crippen molar-refractivity contribution in [3.8, 4) is 0 Å². The van der Waals surface area contributed by atoms with Crippen LogP contribution in [0.4, 0.5) is 0 Å². The predicted molar refractivity (Wildman–Crippen MR) is 76.8 cm³/mol. The van der Waals surface area contributed by atoms with Crippen LogP contribution in [-0.4, -0.2) is 67.0 Å². The number of thiocarbonyl (C=S) groups is 1. The summed E-state index contributed by atoms with van der Waals surface area (Å²) in [6.45, 7) is 3.86. The normalized spacial score (nSPS) is 14.3. The van der Waals surface area contributed by atoms with Gasteiger partial charge in [-0.15, -0.1) is 0 Å². The molecule has 0 aliphatic carbocycles. The molecular weight excluding hydrogens is 282 g/mol. The molecule has 1 rings (SSSR count). The van der Waals surface area contributed by atoms with E-state index >= 15 is 0 Å². The molecule has 0 aromatic carbocycles. The van der Waals surface area contributed by atoms with Crippen LogP contribution in [0.1, 0.15) is 19.8 Å². The van der Waals surface area contributed by atoms with Gasteiger partial charge in [-0.25, -0.2) is 5.01 Å². The zero-order valence-corrected chi connectivity index (χ0v) is 12.7. The molecule has 0 atom stereocenters. The number of hydrogen-bond donors (Lipinski definition) is 1. The summed E-state index contributed by atoms with van der Waals surface area (Å²) in [5, 5.41) is 6.69. The van der Waals surface area contributed by atoms with Crippen LogP contribution in [0.2, 0.25) is 0 Å². The van der Waals surface area contributed by atoms with Crippen molar-refractivity contribution < 1.29 is 19.1 Å². The summed E-state index contributed by atoms with van der Waals surface area (Å²) in [4.78, 5) is 23.0. The van der Waals surface area contributed by atoms with Gasteiger partial charge in [0.2, 0.25) is 0 Å². The third-order valence-electron chi connectivity index (χ3n) is 2.73. The van der Waals surface area contributed by atoms with E-state index < -0.39 is 0 Å². The Hall–Kier alpha value is -1.41. The SMILES string of the molecule is CCOC(=O)CCNC(=S)N1CCCN1C(=O)COC. The number of ether oxygens (including phenoxy) is 2. The van der Waals surface area contributed by atoms with Crippen molar-refractivity contribution in [3.63, 3.8) is 0 Å². The van der Waals surface area contributed by atoms with Gasteiger partial charge in [0.05, 0.1) is 13.0 Å². The summed E-state index contributed by atoms with van der Waals surface area (Å²) in [7, 11) is 1.48. The predicted octanol–water partition coefficient (Wildman–Crippen LogP) is -0.0902. The van der Waals surface area contributed by atoms with E-state index in [2.05, 4.69) is 5.32 Å². The van der Waals surface area contributed by atoms with Gasteiger partial charge in [0.15, 0.2) is 5.11 Å². The number of methoxy groups -OCH3 is 1. The molecule has 20 heavy (non-hydrogen) atoms. The lowest BCUT2D eigenvalue weighted by atomic mass is 10.4. The summed E-state index contributed by atoms with van der Waals surface area (Å²) >= 11 is 5.24. The van der Waals surface area contributed by atoms with E-state index in [0.29, 0.717) is 31.4 Å². The van der Waals surface area contributed by atoms with Crippen LogP contribution in [0, 0.1) is 0 Å². The first-order valence-corrected chi connectivity index (χ1v) is 7.01. The first-order valence-electron chi connectivity index (χ1n) is 6.60. The third kappa shape index (κ3) is 4.93. The van der Waals surface area contributed by atoms with Crippen LogP contribution >= 0.6 is 12.2 Å². The maximum atomic E-state index is 11.8. The van der Waals surface area contributed by atoms with Crippen molar-refractivity contribution in [2.24, 2.45) is 0 Å². The van der Waals surface area contributed by atoms with Crippen LogP contribution in [0.5, 0.6) is 0 Å². The smallest absolute Gasteiger partial charge is 0.307 e. The number of nitrogens with zero attached hydrogens (tertiary/aromatic N) is 2. The second-order valence-electron chi connectivity index (χ2n) is 4.21. The van der Waals surface area contributed by atoms with Crippen molar-refractivity contribution in [2.45, 2.75) is 19.8 Å². The van der Waals surface area contributed by atoms with Gasteiger partial charge in [0.1, 0.15) is 6.61 Å². The fraction of sp³-hybridized carbons (Fsp3) is 0.750. The number of esters is 1. The maximum absolute atomic E-state index is 11.8. The van der Waals surface area contributed by atoms with Gasteiger partial charge >= 0.3 is 5.97 Å². The molecule has 0 unspecified atom stereocenters. The molecule has 0 saturated carbocycles. The molecule has 1 aliphatic rings. The number of rotatable bonds is 6. The van der Waals surface area contributed by atoms with Crippen LogP contribution in [0.25, 0.3) is 0 Å². The molecule has 1 amide bonds. The van der Waals surface area contributed by atoms with Gasteiger partial charge in [-0.05, 0) is 25.6 Å². The Kier molecular flexibility index (Phi) is 7.24. The molecule has 0 aromatic heterocycles. The molecule has 1 fully saturated rings. The summed E-state index contributed by atoms with van der Waals surface area (Å²) in [5.74, 6) is -0.393. The van der Waals surface area contributed by atoms with Crippen molar-refractivity contribution in [1.82, 2.24) is 15.3 Å². The van der Waals surface area contributed by atoms with Gasteiger partial charge in [0.25, 0.3) is 5.91 Å². The molecule has 1 aliphatic heterocycles. The van der Waals surface area contributed by atoms with Crippen molar-refractivity contribution in [2.75, 3.05) is 40.0 Å². The topological polar surface area (TPSA) is 71.1 Å². The molecule has 114 valence electrons. The minimum atomic E-state index is -0.267. The number of hydrazine groups is 1. The highest BCUT2D eigenvalue weighted by atomic mass is 32.1. The zero-order chi connectivity index (χ0) is 15.0. The Labute approximate surface area is 124 Å². The number of carbonyl (C=O) groups excluding carboxylic acids is 2. The van der Waals surface area contributed by atoms with E-state index in [0.717, 1.165) is 6.42 Å². The first kappa shape index (κ1) is 16.6. The van der Waals surface area contributed by atoms with Gasteiger partial charge in [-0.1, -0.05) is 0 Å². The zero-order valence-electron chi connectivity index (χ0n) is 11.9. The fourth-order valence-corrected chi connectivity index (χ4v) is 2.17. The quantitative estimate of drug-likeness (QED) is 0.543. The van der Waals surface area contributed by atoms with E-state index in [4.69, 9.17) is 21.7 Å². The Balaban J connectivity index is 2.38. The first-order chi connectivity index (χ1) is 9.60. The van der Waals surface area contributed by atoms with Crippen molar-refractivity contribution in [1.29, 1.82) is 0 Å². The standard InChI is InChI=1S/C12H21N3O4S/c1-3-19-11(17)5-6-13-12(20)15-8-4-7-14(15)10(16)9-18-2/h3-9H2,1-2H3,(H,13,20). The lowest BCUT2D eigenvalue weighted by molar-refractivity contribution is -0.144. The molecule has 8 heteroatoms. The largest absolute Gasteiger partial charge is 0.466 e. The van der Waals surface area contributed by atoms with Crippen LogP contribution in [-0.2, 0) is 19.1 Å². The Bertz CT molecular complexity index is 365. The third-order valence-corrected chi connectivity index (χ3v) is 3.09. The molecule has 0 radical (unpaired) electrons. The highest BCUT2D eigenvalue weighted by Crippen LogP contribution is 2.11. The van der Waals surface area contributed by atoms with Gasteiger partial charge < -0.3 is 14.8 Å². The number of nitrogens with one attached hydrogen (secondary N) is 1. The average Bonchev–Trinajstić information content (AvgIpc) is 2.88. The maximum Gasteiger partial charge on any atom is 0.307 e. The molecule has 0 spiro atoms.